The molecule has 86 valence electrons. The fourth-order valence-corrected chi connectivity index (χ4v) is 2.50. The lowest BCUT2D eigenvalue weighted by Gasteiger charge is -2.14. The number of aromatic amines is 1. The van der Waals surface area contributed by atoms with Crippen molar-refractivity contribution >= 4 is 15.5 Å². The van der Waals surface area contributed by atoms with Crippen molar-refractivity contribution in [3.05, 3.63) is 11.4 Å². The first-order valence-corrected chi connectivity index (χ1v) is 6.81. The van der Waals surface area contributed by atoms with Gasteiger partial charge in [0, 0.05) is 12.3 Å². The molecule has 0 aliphatic carbocycles. The number of nitrogens with zero attached hydrogens (tertiary/aromatic N) is 1. The average molecular weight is 231 g/mol. The first kappa shape index (κ1) is 12.0. The minimum absolute atomic E-state index is 0.116. The Morgan fingerprint density at radius 2 is 2.07 bits per heavy atom. The van der Waals surface area contributed by atoms with Crippen LogP contribution in [0.5, 0.6) is 0 Å². The predicted octanol–water partition coefficient (Wildman–Crippen LogP) is 0.872. The molecule has 1 unspecified atom stereocenters. The van der Waals surface area contributed by atoms with E-state index in [1.54, 1.807) is 0 Å². The van der Waals surface area contributed by atoms with E-state index in [2.05, 4.69) is 15.5 Å². The van der Waals surface area contributed by atoms with Gasteiger partial charge in [0.1, 0.15) is 9.84 Å². The van der Waals surface area contributed by atoms with Crippen molar-refractivity contribution in [2.75, 3.05) is 17.3 Å². The van der Waals surface area contributed by atoms with E-state index < -0.39 is 9.84 Å². The van der Waals surface area contributed by atoms with Gasteiger partial charge in [-0.15, -0.1) is 0 Å². The largest absolute Gasteiger partial charge is 0.379 e. The SMILES string of the molecule is Cc1n[nH]c(C)c1NC(C)CS(C)(=O)=O. The molecule has 0 bridgehead atoms. The number of H-pyrrole nitrogens is 1. The fraction of sp³-hybridized carbons (Fsp3) is 0.667. The van der Waals surface area contributed by atoms with Crippen molar-refractivity contribution in [3.8, 4) is 0 Å². The van der Waals surface area contributed by atoms with E-state index in [-0.39, 0.29) is 11.8 Å². The lowest BCUT2D eigenvalue weighted by Crippen LogP contribution is -2.25. The van der Waals surface area contributed by atoms with Crippen LogP contribution in [0.3, 0.4) is 0 Å². The summed E-state index contributed by atoms with van der Waals surface area (Å²) < 4.78 is 22.2. The second kappa shape index (κ2) is 4.22. The Kier molecular flexibility index (Phi) is 3.38. The van der Waals surface area contributed by atoms with Crippen LogP contribution >= 0.6 is 0 Å². The van der Waals surface area contributed by atoms with Crippen LogP contribution in [0.1, 0.15) is 18.3 Å². The second-order valence-corrected chi connectivity index (χ2v) is 6.13. The van der Waals surface area contributed by atoms with Crippen LogP contribution in [0.4, 0.5) is 5.69 Å². The van der Waals surface area contributed by atoms with Crippen LogP contribution in [0.15, 0.2) is 0 Å². The maximum absolute atomic E-state index is 11.1. The summed E-state index contributed by atoms with van der Waals surface area (Å²) in [5.74, 6) is 0.122. The van der Waals surface area contributed by atoms with Gasteiger partial charge in [0.15, 0.2) is 0 Å². The molecule has 0 saturated carbocycles. The molecule has 1 atom stereocenters. The molecule has 0 aliphatic rings. The van der Waals surface area contributed by atoms with Gasteiger partial charge in [0.05, 0.1) is 22.8 Å². The van der Waals surface area contributed by atoms with Crippen molar-refractivity contribution in [1.82, 2.24) is 10.2 Å². The van der Waals surface area contributed by atoms with Crippen molar-refractivity contribution < 1.29 is 8.42 Å². The number of nitrogens with one attached hydrogen (secondary N) is 2. The minimum atomic E-state index is -2.95. The van der Waals surface area contributed by atoms with E-state index in [0.717, 1.165) is 17.1 Å². The summed E-state index contributed by atoms with van der Waals surface area (Å²) in [6.45, 7) is 5.61. The Hall–Kier alpha value is -1.04. The van der Waals surface area contributed by atoms with E-state index >= 15 is 0 Å². The number of aromatic nitrogens is 2. The maximum atomic E-state index is 11.1. The van der Waals surface area contributed by atoms with Crippen LogP contribution in [-0.2, 0) is 9.84 Å². The molecule has 1 aromatic rings. The Morgan fingerprint density at radius 1 is 1.47 bits per heavy atom. The van der Waals surface area contributed by atoms with Crippen molar-refractivity contribution in [1.29, 1.82) is 0 Å². The Labute approximate surface area is 90.2 Å². The van der Waals surface area contributed by atoms with Gasteiger partial charge in [-0.25, -0.2) is 8.42 Å². The smallest absolute Gasteiger partial charge is 0.149 e. The number of hydrogen-bond donors (Lipinski definition) is 2. The van der Waals surface area contributed by atoms with Gasteiger partial charge in [0.2, 0.25) is 0 Å². The standard InChI is InChI=1S/C9H17N3O2S/c1-6(5-15(4,13)14)10-9-7(2)11-12-8(9)3/h6,10H,5H2,1-4H3,(H,11,12). The Balaban J connectivity index is 2.71. The fourth-order valence-electron chi connectivity index (χ4n) is 1.51. The lowest BCUT2D eigenvalue weighted by molar-refractivity contribution is 0.598. The highest BCUT2D eigenvalue weighted by Crippen LogP contribution is 2.17. The lowest BCUT2D eigenvalue weighted by atomic mass is 10.3. The van der Waals surface area contributed by atoms with Gasteiger partial charge in [0.25, 0.3) is 0 Å². The monoisotopic (exact) mass is 231 g/mol. The maximum Gasteiger partial charge on any atom is 0.149 e. The molecule has 1 aromatic heterocycles. The molecule has 2 N–H and O–H groups in total. The van der Waals surface area contributed by atoms with Gasteiger partial charge in [-0.05, 0) is 20.8 Å². The molecule has 0 amide bonds. The molecule has 0 saturated heterocycles. The van der Waals surface area contributed by atoms with Gasteiger partial charge in [-0.3, -0.25) is 5.10 Å². The highest BCUT2D eigenvalue weighted by molar-refractivity contribution is 7.90. The van der Waals surface area contributed by atoms with Gasteiger partial charge in [-0.2, -0.15) is 5.10 Å². The van der Waals surface area contributed by atoms with Crippen LogP contribution in [0, 0.1) is 13.8 Å². The summed E-state index contributed by atoms with van der Waals surface area (Å²) in [6.07, 6.45) is 1.24. The highest BCUT2D eigenvalue weighted by Gasteiger charge is 2.13. The third kappa shape index (κ3) is 3.54. The molecule has 0 radical (unpaired) electrons. The molecule has 0 spiro atoms. The quantitative estimate of drug-likeness (QED) is 0.806. The zero-order chi connectivity index (χ0) is 11.6. The predicted molar refractivity (Wildman–Crippen MR) is 60.9 cm³/mol. The summed E-state index contributed by atoms with van der Waals surface area (Å²) >= 11 is 0. The summed E-state index contributed by atoms with van der Waals surface area (Å²) in [6, 6.07) is -0.116. The Morgan fingerprint density at radius 3 is 2.47 bits per heavy atom. The first-order valence-electron chi connectivity index (χ1n) is 4.75. The molecule has 0 aromatic carbocycles. The average Bonchev–Trinajstić information content (AvgIpc) is 2.32. The van der Waals surface area contributed by atoms with E-state index in [9.17, 15) is 8.42 Å². The molecule has 6 heteroatoms. The number of sulfone groups is 1. The molecule has 15 heavy (non-hydrogen) atoms. The zero-order valence-electron chi connectivity index (χ0n) is 9.46. The topological polar surface area (TPSA) is 74.8 Å². The van der Waals surface area contributed by atoms with Crippen LogP contribution in [0.25, 0.3) is 0 Å². The molecule has 0 aliphatic heterocycles. The van der Waals surface area contributed by atoms with Gasteiger partial charge < -0.3 is 5.32 Å². The van der Waals surface area contributed by atoms with Gasteiger partial charge in [-0.1, -0.05) is 0 Å². The van der Waals surface area contributed by atoms with Gasteiger partial charge >= 0.3 is 0 Å². The summed E-state index contributed by atoms with van der Waals surface area (Å²) in [7, 11) is -2.95. The Bertz CT molecular complexity index is 417. The summed E-state index contributed by atoms with van der Waals surface area (Å²) in [5.41, 5.74) is 2.67. The first-order chi connectivity index (χ1) is 6.79. The number of rotatable bonds is 4. The van der Waals surface area contributed by atoms with E-state index in [0.29, 0.717) is 0 Å². The molecule has 1 rings (SSSR count). The van der Waals surface area contributed by atoms with E-state index in [1.165, 1.54) is 6.26 Å². The van der Waals surface area contributed by atoms with Crippen molar-refractivity contribution in [3.63, 3.8) is 0 Å². The molecular formula is C9H17N3O2S. The summed E-state index contributed by atoms with van der Waals surface area (Å²) in [5, 5.41) is 10.0. The normalized spacial score (nSPS) is 13.9. The van der Waals surface area contributed by atoms with Crippen molar-refractivity contribution in [2.24, 2.45) is 0 Å². The van der Waals surface area contributed by atoms with Crippen LogP contribution in [0.2, 0.25) is 0 Å². The number of anilines is 1. The molecule has 0 fully saturated rings. The molecule has 5 nitrogen and oxygen atoms in total. The van der Waals surface area contributed by atoms with Crippen molar-refractivity contribution in [2.45, 2.75) is 26.8 Å². The highest BCUT2D eigenvalue weighted by atomic mass is 32.2. The van der Waals surface area contributed by atoms with E-state index in [4.69, 9.17) is 0 Å². The summed E-state index contributed by atoms with van der Waals surface area (Å²) in [4.78, 5) is 0. The minimum Gasteiger partial charge on any atom is -0.379 e. The third-order valence-corrected chi connectivity index (χ3v) is 3.18. The zero-order valence-corrected chi connectivity index (χ0v) is 10.3. The number of hydrogen-bond acceptors (Lipinski definition) is 4. The number of aryl methyl sites for hydroxylation is 2. The third-order valence-electron chi connectivity index (χ3n) is 2.07. The second-order valence-electron chi connectivity index (χ2n) is 3.95. The van der Waals surface area contributed by atoms with E-state index in [1.807, 2.05) is 20.8 Å². The molecule has 1 heterocycles. The molecular weight excluding hydrogens is 214 g/mol. The van der Waals surface area contributed by atoms with Crippen LogP contribution < -0.4 is 5.32 Å². The van der Waals surface area contributed by atoms with Crippen LogP contribution in [-0.4, -0.2) is 36.7 Å².